The van der Waals surface area contributed by atoms with Crippen LogP contribution in [0.1, 0.15) is 25.8 Å². The fraction of sp³-hybridized carbons (Fsp3) is 0.286. The van der Waals surface area contributed by atoms with E-state index in [9.17, 15) is 14.4 Å². The van der Waals surface area contributed by atoms with Gasteiger partial charge in [-0.3, -0.25) is 14.5 Å². The van der Waals surface area contributed by atoms with E-state index >= 15 is 0 Å². The van der Waals surface area contributed by atoms with Crippen molar-refractivity contribution in [2.45, 2.75) is 25.8 Å². The first kappa shape index (κ1) is 19.4. The molecule has 1 aliphatic rings. The molecule has 1 saturated heterocycles. The molecule has 1 aliphatic heterocycles. The van der Waals surface area contributed by atoms with Crippen molar-refractivity contribution in [1.29, 1.82) is 0 Å². The Morgan fingerprint density at radius 3 is 2.43 bits per heavy atom. The number of hydrogen-bond donors (Lipinski definition) is 2. The first-order valence-electron chi connectivity index (χ1n) is 9.23. The Kier molecular flexibility index (Phi) is 5.63. The number of imide groups is 1. The molecule has 1 heterocycles. The molecule has 0 radical (unpaired) electrons. The number of amides is 4. The molecule has 3 rings (SSSR count). The van der Waals surface area contributed by atoms with Gasteiger partial charge in [0.15, 0.2) is 0 Å². The van der Waals surface area contributed by atoms with Gasteiger partial charge in [-0.25, -0.2) is 4.79 Å². The summed E-state index contributed by atoms with van der Waals surface area (Å²) in [5.41, 5.74) is 0.0358. The van der Waals surface area contributed by atoms with Crippen molar-refractivity contribution in [3.05, 3.63) is 60.2 Å². The predicted octanol–water partition coefficient (Wildman–Crippen LogP) is 2.88. The van der Waals surface area contributed by atoms with E-state index in [4.69, 9.17) is 4.74 Å². The topological polar surface area (TPSA) is 87.7 Å². The average molecular weight is 381 g/mol. The zero-order chi connectivity index (χ0) is 20.1. The van der Waals surface area contributed by atoms with Gasteiger partial charge < -0.3 is 15.4 Å². The molecule has 0 aromatic heterocycles. The van der Waals surface area contributed by atoms with Gasteiger partial charge in [0.25, 0.3) is 5.91 Å². The summed E-state index contributed by atoms with van der Waals surface area (Å²) in [4.78, 5) is 39.0. The van der Waals surface area contributed by atoms with Crippen LogP contribution >= 0.6 is 0 Å². The lowest BCUT2D eigenvalue weighted by molar-refractivity contribution is -0.134. The van der Waals surface area contributed by atoms with Crippen LogP contribution in [0, 0.1) is 0 Å². The van der Waals surface area contributed by atoms with Crippen molar-refractivity contribution in [2.75, 3.05) is 18.5 Å². The third-order valence-corrected chi connectivity index (χ3v) is 4.74. The number of urea groups is 1. The number of carbonyl (C=O) groups is 3. The Bertz CT molecular complexity index is 884. The highest BCUT2D eigenvalue weighted by Crippen LogP contribution is 2.32. The molecule has 1 fully saturated rings. The molecule has 0 saturated carbocycles. The van der Waals surface area contributed by atoms with Crippen molar-refractivity contribution < 1.29 is 19.1 Å². The first-order chi connectivity index (χ1) is 13.5. The number of benzene rings is 2. The summed E-state index contributed by atoms with van der Waals surface area (Å²) in [5.74, 6) is -0.377. The van der Waals surface area contributed by atoms with E-state index in [1.807, 2.05) is 32.0 Å². The highest BCUT2D eigenvalue weighted by atomic mass is 16.5. The molecule has 28 heavy (non-hydrogen) atoms. The van der Waals surface area contributed by atoms with E-state index in [2.05, 4.69) is 10.6 Å². The number of nitrogens with zero attached hydrogens (tertiary/aromatic N) is 1. The quantitative estimate of drug-likeness (QED) is 0.722. The number of hydrogen-bond acceptors (Lipinski definition) is 4. The minimum atomic E-state index is -1.15. The zero-order valence-corrected chi connectivity index (χ0v) is 15.9. The van der Waals surface area contributed by atoms with Crippen LogP contribution in [-0.4, -0.2) is 35.9 Å². The van der Waals surface area contributed by atoms with Crippen molar-refractivity contribution in [3.8, 4) is 5.75 Å². The van der Waals surface area contributed by atoms with E-state index in [0.717, 1.165) is 4.90 Å². The van der Waals surface area contributed by atoms with Gasteiger partial charge in [-0.2, -0.15) is 0 Å². The number of rotatable bonds is 7. The maximum Gasteiger partial charge on any atom is 0.325 e. The van der Waals surface area contributed by atoms with Crippen LogP contribution in [0.4, 0.5) is 10.5 Å². The molecule has 2 N–H and O–H groups in total. The van der Waals surface area contributed by atoms with Gasteiger partial charge in [-0.15, -0.1) is 0 Å². The standard InChI is InChI=1S/C21H23N3O4/c1-3-21(15-10-6-5-7-11-15)19(26)24(20(27)23-21)14-18(25)22-16-12-8-9-13-17(16)28-4-2/h5-13H,3-4,14H2,1-2H3,(H,22,25)(H,23,27). The second kappa shape index (κ2) is 8.12. The summed E-state index contributed by atoms with van der Waals surface area (Å²) in [6.45, 7) is 3.75. The fourth-order valence-electron chi connectivity index (χ4n) is 3.32. The maximum atomic E-state index is 13.1. The number of carbonyl (C=O) groups excluding carboxylic acids is 3. The molecule has 4 amide bonds. The van der Waals surface area contributed by atoms with E-state index in [0.29, 0.717) is 30.0 Å². The second-order valence-corrected chi connectivity index (χ2v) is 6.42. The van der Waals surface area contributed by atoms with E-state index in [1.54, 1.807) is 36.4 Å². The van der Waals surface area contributed by atoms with Gasteiger partial charge in [-0.1, -0.05) is 49.4 Å². The van der Waals surface area contributed by atoms with Crippen LogP contribution in [0.5, 0.6) is 5.75 Å². The highest BCUT2D eigenvalue weighted by molar-refractivity contribution is 6.10. The van der Waals surface area contributed by atoms with Gasteiger partial charge in [0, 0.05) is 0 Å². The summed E-state index contributed by atoms with van der Waals surface area (Å²) in [7, 11) is 0. The second-order valence-electron chi connectivity index (χ2n) is 6.42. The molecule has 2 aromatic carbocycles. The Hall–Kier alpha value is -3.35. The normalized spacial score (nSPS) is 18.7. The van der Waals surface area contributed by atoms with Gasteiger partial charge in [-0.05, 0) is 31.0 Å². The SMILES string of the molecule is CCOc1ccccc1NC(=O)CN1C(=O)NC(CC)(c2ccccc2)C1=O. The molecular weight excluding hydrogens is 358 g/mol. The van der Waals surface area contributed by atoms with Gasteiger partial charge >= 0.3 is 6.03 Å². The number of para-hydroxylation sites is 2. The first-order valence-corrected chi connectivity index (χ1v) is 9.23. The third kappa shape index (κ3) is 3.55. The lowest BCUT2D eigenvalue weighted by Gasteiger charge is -2.25. The fourth-order valence-corrected chi connectivity index (χ4v) is 3.32. The van der Waals surface area contributed by atoms with Crippen LogP contribution in [0.25, 0.3) is 0 Å². The van der Waals surface area contributed by atoms with Gasteiger partial charge in [0.05, 0.1) is 12.3 Å². The molecule has 2 aromatic rings. The number of ether oxygens (including phenoxy) is 1. The van der Waals surface area contributed by atoms with Crippen molar-refractivity contribution in [2.24, 2.45) is 0 Å². The number of nitrogens with one attached hydrogen (secondary N) is 2. The van der Waals surface area contributed by atoms with Gasteiger partial charge in [0.2, 0.25) is 5.91 Å². The summed E-state index contributed by atoms with van der Waals surface area (Å²) in [6.07, 6.45) is 0.382. The predicted molar refractivity (Wildman–Crippen MR) is 105 cm³/mol. The maximum absolute atomic E-state index is 13.1. The van der Waals surface area contributed by atoms with Crippen molar-refractivity contribution in [1.82, 2.24) is 10.2 Å². The Labute approximate surface area is 163 Å². The molecule has 0 spiro atoms. The third-order valence-electron chi connectivity index (χ3n) is 4.74. The summed E-state index contributed by atoms with van der Waals surface area (Å²) >= 11 is 0. The molecule has 7 heteroatoms. The zero-order valence-electron chi connectivity index (χ0n) is 15.9. The molecule has 0 bridgehead atoms. The van der Waals surface area contributed by atoms with Crippen LogP contribution in [0.2, 0.25) is 0 Å². The highest BCUT2D eigenvalue weighted by Gasteiger charge is 2.51. The van der Waals surface area contributed by atoms with Crippen LogP contribution in [-0.2, 0) is 15.1 Å². The van der Waals surface area contributed by atoms with Crippen LogP contribution in [0.3, 0.4) is 0 Å². The largest absolute Gasteiger partial charge is 0.492 e. The molecular formula is C21H23N3O4. The molecule has 7 nitrogen and oxygen atoms in total. The van der Waals surface area contributed by atoms with Crippen molar-refractivity contribution in [3.63, 3.8) is 0 Å². The van der Waals surface area contributed by atoms with E-state index in [1.165, 1.54) is 0 Å². The molecule has 1 unspecified atom stereocenters. The molecule has 1 atom stereocenters. The summed E-state index contributed by atoms with van der Waals surface area (Å²) in [6, 6.07) is 15.5. The monoisotopic (exact) mass is 381 g/mol. The Morgan fingerprint density at radius 1 is 1.07 bits per heavy atom. The minimum Gasteiger partial charge on any atom is -0.492 e. The summed E-state index contributed by atoms with van der Waals surface area (Å²) < 4.78 is 5.48. The lowest BCUT2D eigenvalue weighted by atomic mass is 9.87. The Balaban J connectivity index is 1.77. The lowest BCUT2D eigenvalue weighted by Crippen LogP contribution is -2.44. The number of anilines is 1. The average Bonchev–Trinajstić information content (AvgIpc) is 2.95. The van der Waals surface area contributed by atoms with Crippen LogP contribution < -0.4 is 15.4 Å². The summed E-state index contributed by atoms with van der Waals surface area (Å²) in [5, 5.41) is 5.48. The Morgan fingerprint density at radius 2 is 1.75 bits per heavy atom. The van der Waals surface area contributed by atoms with E-state index in [-0.39, 0.29) is 6.54 Å². The van der Waals surface area contributed by atoms with Crippen LogP contribution in [0.15, 0.2) is 54.6 Å². The molecule has 146 valence electrons. The van der Waals surface area contributed by atoms with E-state index < -0.39 is 23.4 Å². The van der Waals surface area contributed by atoms with Crippen molar-refractivity contribution >= 4 is 23.5 Å². The minimum absolute atomic E-state index is 0.375. The molecule has 0 aliphatic carbocycles. The van der Waals surface area contributed by atoms with Gasteiger partial charge in [0.1, 0.15) is 17.8 Å². The smallest absolute Gasteiger partial charge is 0.325 e.